The lowest BCUT2D eigenvalue weighted by Crippen LogP contribution is -2.42. The fraction of sp³-hybridized carbons (Fsp3) is 0.312. The summed E-state index contributed by atoms with van der Waals surface area (Å²) in [5, 5.41) is 5.95. The van der Waals surface area contributed by atoms with Crippen LogP contribution < -0.4 is 10.0 Å². The van der Waals surface area contributed by atoms with Crippen molar-refractivity contribution in [3.05, 3.63) is 41.9 Å². The Morgan fingerprint density at radius 2 is 1.93 bits per heavy atom. The lowest BCUT2D eigenvalue weighted by molar-refractivity contribution is -0.154. The number of carbonyl (C=O) groups excluding carboxylic acids is 2. The van der Waals surface area contributed by atoms with Gasteiger partial charge in [-0.3, -0.25) is 9.59 Å². The van der Waals surface area contributed by atoms with E-state index in [-0.39, 0.29) is 5.82 Å². The van der Waals surface area contributed by atoms with Crippen LogP contribution in [0.4, 0.5) is 10.2 Å². The Bertz CT molecular complexity index is 943. The van der Waals surface area contributed by atoms with E-state index >= 15 is 0 Å². The molecule has 0 aliphatic rings. The Kier molecular flexibility index (Phi) is 6.28. The number of aromatic nitrogens is 1. The molecule has 2 aromatic rings. The molecule has 0 saturated carbocycles. The third-order valence-corrected chi connectivity index (χ3v) is 4.93. The van der Waals surface area contributed by atoms with Gasteiger partial charge >= 0.3 is 5.97 Å². The average molecular weight is 399 g/mol. The topological polar surface area (TPSA) is 128 Å². The molecule has 0 saturated heterocycles. The van der Waals surface area contributed by atoms with Crippen molar-refractivity contribution in [3.8, 4) is 0 Å². The molecule has 11 heteroatoms. The van der Waals surface area contributed by atoms with Gasteiger partial charge in [-0.25, -0.2) is 12.8 Å². The lowest BCUT2D eigenvalue weighted by Gasteiger charge is -2.17. The number of halogens is 1. The molecule has 27 heavy (non-hydrogen) atoms. The van der Waals surface area contributed by atoms with E-state index in [1.807, 2.05) is 4.72 Å². The minimum atomic E-state index is -4.29. The van der Waals surface area contributed by atoms with Crippen LogP contribution in [-0.4, -0.2) is 37.6 Å². The minimum absolute atomic E-state index is 0.147. The van der Waals surface area contributed by atoms with Gasteiger partial charge in [-0.15, -0.1) is 0 Å². The number of aryl methyl sites for hydroxylation is 1. The highest BCUT2D eigenvalue weighted by atomic mass is 32.2. The number of sulfonamides is 1. The van der Waals surface area contributed by atoms with Gasteiger partial charge in [0.1, 0.15) is 22.5 Å². The smallest absolute Gasteiger partial charge is 0.324 e. The van der Waals surface area contributed by atoms with Gasteiger partial charge in [-0.2, -0.15) is 4.72 Å². The van der Waals surface area contributed by atoms with Gasteiger partial charge in [0.05, 0.1) is 0 Å². The first kappa shape index (κ1) is 20.5. The summed E-state index contributed by atoms with van der Waals surface area (Å²) in [6, 6.07) is 4.85. The van der Waals surface area contributed by atoms with E-state index in [2.05, 4.69) is 10.5 Å². The molecule has 0 fully saturated rings. The van der Waals surface area contributed by atoms with Crippen LogP contribution in [0.5, 0.6) is 0 Å². The van der Waals surface area contributed by atoms with Crippen LogP contribution in [0.1, 0.15) is 19.6 Å². The van der Waals surface area contributed by atoms with Gasteiger partial charge in [0.2, 0.25) is 10.0 Å². The Morgan fingerprint density at radius 3 is 2.52 bits per heavy atom. The number of hydrogen-bond donors (Lipinski definition) is 2. The second-order valence-electron chi connectivity index (χ2n) is 5.66. The third-order valence-electron chi connectivity index (χ3n) is 3.35. The fourth-order valence-corrected chi connectivity index (χ4v) is 3.26. The van der Waals surface area contributed by atoms with Gasteiger partial charge in [0, 0.05) is 6.07 Å². The molecule has 1 amide bonds. The molecule has 146 valence electrons. The van der Waals surface area contributed by atoms with Crippen LogP contribution in [0.3, 0.4) is 0 Å². The van der Waals surface area contributed by atoms with E-state index in [1.54, 1.807) is 6.92 Å². The predicted molar refractivity (Wildman–Crippen MR) is 91.6 cm³/mol. The minimum Gasteiger partial charge on any atom is -0.451 e. The van der Waals surface area contributed by atoms with Crippen molar-refractivity contribution >= 4 is 27.7 Å². The Hall–Kier alpha value is -2.79. The molecule has 0 aliphatic carbocycles. The Balaban J connectivity index is 1.96. The quantitative estimate of drug-likeness (QED) is 0.673. The molecule has 2 atom stereocenters. The number of amides is 1. The van der Waals surface area contributed by atoms with Crippen molar-refractivity contribution in [1.82, 2.24) is 9.88 Å². The normalized spacial score (nSPS) is 13.6. The molecule has 2 N–H and O–H groups in total. The Morgan fingerprint density at radius 1 is 1.26 bits per heavy atom. The maximum absolute atomic E-state index is 13.7. The monoisotopic (exact) mass is 399 g/mol. The number of esters is 1. The summed E-state index contributed by atoms with van der Waals surface area (Å²) in [5.74, 6) is -2.02. The molecule has 1 unspecified atom stereocenters. The van der Waals surface area contributed by atoms with E-state index in [0.717, 1.165) is 12.1 Å². The summed E-state index contributed by atoms with van der Waals surface area (Å²) in [7, 11) is -4.29. The summed E-state index contributed by atoms with van der Waals surface area (Å²) in [5.41, 5.74) is 0. The second kappa shape index (κ2) is 8.27. The zero-order valence-corrected chi connectivity index (χ0v) is 15.5. The van der Waals surface area contributed by atoms with Gasteiger partial charge in [-0.1, -0.05) is 17.3 Å². The Labute approximate surface area is 154 Å². The van der Waals surface area contributed by atoms with Gasteiger partial charge in [0.25, 0.3) is 5.91 Å². The van der Waals surface area contributed by atoms with Crippen LogP contribution in [-0.2, 0) is 24.3 Å². The number of nitrogens with one attached hydrogen (secondary N) is 2. The molecule has 0 radical (unpaired) electrons. The van der Waals surface area contributed by atoms with E-state index in [1.165, 1.54) is 32.0 Å². The van der Waals surface area contributed by atoms with E-state index in [4.69, 9.17) is 9.26 Å². The van der Waals surface area contributed by atoms with Crippen molar-refractivity contribution < 1.29 is 31.7 Å². The van der Waals surface area contributed by atoms with Crippen molar-refractivity contribution in [1.29, 1.82) is 0 Å². The van der Waals surface area contributed by atoms with Gasteiger partial charge in [0.15, 0.2) is 11.9 Å². The maximum Gasteiger partial charge on any atom is 0.324 e. The summed E-state index contributed by atoms with van der Waals surface area (Å²) in [6.07, 6.45) is -1.23. The molecule has 0 bridgehead atoms. The lowest BCUT2D eigenvalue weighted by atomic mass is 10.3. The fourth-order valence-electron chi connectivity index (χ4n) is 1.99. The third kappa shape index (κ3) is 5.34. The standard InChI is InChI=1S/C16H18FN3O6S/c1-9-8-14(19-26-9)18-15(21)11(3)25-16(22)10(2)20-27(23,24)13-7-5-4-6-12(13)17/h4-8,10-11,20H,1-3H3,(H,18,19,21)/t10-,11?/m0/s1. The molecule has 1 heterocycles. The zero-order valence-electron chi connectivity index (χ0n) is 14.7. The maximum atomic E-state index is 13.7. The highest BCUT2D eigenvalue weighted by molar-refractivity contribution is 7.89. The van der Waals surface area contributed by atoms with E-state index in [0.29, 0.717) is 5.76 Å². The van der Waals surface area contributed by atoms with Crippen molar-refractivity contribution in [2.45, 2.75) is 37.8 Å². The van der Waals surface area contributed by atoms with Crippen LogP contribution in [0.25, 0.3) is 0 Å². The molecule has 1 aromatic carbocycles. The average Bonchev–Trinajstić information content (AvgIpc) is 2.99. The highest BCUT2D eigenvalue weighted by Gasteiger charge is 2.28. The predicted octanol–water partition coefficient (Wildman–Crippen LogP) is 1.36. The summed E-state index contributed by atoms with van der Waals surface area (Å²) < 4.78 is 49.7. The summed E-state index contributed by atoms with van der Waals surface area (Å²) in [4.78, 5) is 23.4. The number of hydrogen-bond acceptors (Lipinski definition) is 7. The molecule has 1 aromatic heterocycles. The highest BCUT2D eigenvalue weighted by Crippen LogP contribution is 2.14. The first-order valence-corrected chi connectivity index (χ1v) is 9.30. The second-order valence-corrected chi connectivity index (χ2v) is 7.35. The first-order valence-electron chi connectivity index (χ1n) is 7.81. The number of benzene rings is 1. The van der Waals surface area contributed by atoms with Crippen LogP contribution >= 0.6 is 0 Å². The number of ether oxygens (including phenoxy) is 1. The summed E-state index contributed by atoms with van der Waals surface area (Å²) >= 11 is 0. The van der Waals surface area contributed by atoms with Gasteiger partial charge < -0.3 is 14.6 Å². The number of carbonyl (C=O) groups is 2. The molecule has 0 spiro atoms. The van der Waals surface area contributed by atoms with Crippen molar-refractivity contribution in [3.63, 3.8) is 0 Å². The molecular weight excluding hydrogens is 381 g/mol. The summed E-state index contributed by atoms with van der Waals surface area (Å²) in [6.45, 7) is 4.15. The van der Waals surface area contributed by atoms with Crippen LogP contribution in [0.2, 0.25) is 0 Å². The van der Waals surface area contributed by atoms with Crippen molar-refractivity contribution in [2.24, 2.45) is 0 Å². The van der Waals surface area contributed by atoms with Crippen LogP contribution in [0.15, 0.2) is 39.8 Å². The zero-order chi connectivity index (χ0) is 20.2. The van der Waals surface area contributed by atoms with E-state index in [9.17, 15) is 22.4 Å². The molecule has 2 rings (SSSR count). The van der Waals surface area contributed by atoms with Crippen LogP contribution in [0, 0.1) is 12.7 Å². The number of anilines is 1. The SMILES string of the molecule is Cc1cc(NC(=O)C(C)OC(=O)[C@H](C)NS(=O)(=O)c2ccccc2F)no1. The van der Waals surface area contributed by atoms with Crippen molar-refractivity contribution in [2.75, 3.05) is 5.32 Å². The molecule has 9 nitrogen and oxygen atoms in total. The molecule has 0 aliphatic heterocycles. The van der Waals surface area contributed by atoms with Gasteiger partial charge in [-0.05, 0) is 32.9 Å². The number of nitrogens with zero attached hydrogens (tertiary/aromatic N) is 1. The molecular formula is C16H18FN3O6S. The largest absolute Gasteiger partial charge is 0.451 e. The number of rotatable bonds is 7. The van der Waals surface area contributed by atoms with E-state index < -0.39 is 44.8 Å². The first-order chi connectivity index (χ1) is 12.6.